The van der Waals surface area contributed by atoms with Crippen LogP contribution in [0.1, 0.15) is 59.3 Å². The summed E-state index contributed by atoms with van der Waals surface area (Å²) in [7, 11) is 0. The molecular weight excluding hydrogens is 302 g/mol. The second-order valence-corrected chi connectivity index (χ2v) is 9.23. The van der Waals surface area contributed by atoms with E-state index < -0.39 is 0 Å². The number of amides is 2. The first-order valence-corrected chi connectivity index (χ1v) is 9.59. The molecule has 3 aliphatic heterocycles. The largest absolute Gasteiger partial charge is 0.341 e. The Labute approximate surface area is 146 Å². The van der Waals surface area contributed by atoms with Crippen molar-refractivity contribution in [3.63, 3.8) is 0 Å². The molecule has 0 saturated carbocycles. The summed E-state index contributed by atoms with van der Waals surface area (Å²) in [6, 6.07) is -0.212. The van der Waals surface area contributed by atoms with Gasteiger partial charge in [-0.3, -0.25) is 9.59 Å². The molecule has 3 rings (SSSR count). The summed E-state index contributed by atoms with van der Waals surface area (Å²) in [6.45, 7) is 10.9. The molecule has 1 spiro atoms. The Balaban J connectivity index is 1.59. The molecule has 1 N–H and O–H groups in total. The van der Waals surface area contributed by atoms with Gasteiger partial charge < -0.3 is 15.1 Å². The first-order valence-electron chi connectivity index (χ1n) is 9.59. The summed E-state index contributed by atoms with van der Waals surface area (Å²) in [5.41, 5.74) is 0.397. The number of hydrogen-bond donors (Lipinski definition) is 1. The van der Waals surface area contributed by atoms with Gasteiger partial charge in [0.2, 0.25) is 11.8 Å². The second kappa shape index (κ2) is 6.66. The fourth-order valence-electron chi connectivity index (χ4n) is 4.51. The van der Waals surface area contributed by atoms with Crippen LogP contribution >= 0.6 is 0 Å². The van der Waals surface area contributed by atoms with E-state index in [2.05, 4.69) is 26.1 Å². The summed E-state index contributed by atoms with van der Waals surface area (Å²) >= 11 is 0. The Hall–Kier alpha value is -1.10. The number of nitrogens with one attached hydrogen (secondary N) is 1. The van der Waals surface area contributed by atoms with Crippen molar-refractivity contribution in [1.29, 1.82) is 0 Å². The van der Waals surface area contributed by atoms with E-state index >= 15 is 0 Å². The van der Waals surface area contributed by atoms with E-state index in [-0.39, 0.29) is 23.3 Å². The first-order chi connectivity index (χ1) is 11.3. The molecule has 3 fully saturated rings. The molecule has 0 aromatic rings. The Morgan fingerprint density at radius 3 is 2.42 bits per heavy atom. The van der Waals surface area contributed by atoms with Gasteiger partial charge in [0, 0.05) is 32.6 Å². The molecule has 3 aliphatic rings. The molecule has 1 unspecified atom stereocenters. The Kier molecular flexibility index (Phi) is 4.92. The van der Waals surface area contributed by atoms with E-state index in [1.807, 2.05) is 9.80 Å². The van der Waals surface area contributed by atoms with E-state index in [9.17, 15) is 9.59 Å². The topological polar surface area (TPSA) is 52.7 Å². The third-order valence-corrected chi connectivity index (χ3v) is 6.01. The first kappa shape index (κ1) is 17.7. The average Bonchev–Trinajstić information content (AvgIpc) is 3.15. The van der Waals surface area contributed by atoms with Crippen LogP contribution < -0.4 is 5.32 Å². The number of piperidine rings is 1. The van der Waals surface area contributed by atoms with Crippen LogP contribution in [-0.2, 0) is 9.59 Å². The summed E-state index contributed by atoms with van der Waals surface area (Å²) in [5, 5.41) is 3.47. The lowest BCUT2D eigenvalue weighted by atomic mass is 9.77. The predicted octanol–water partition coefficient (Wildman–Crippen LogP) is 2.02. The number of likely N-dealkylation sites (tertiary alicyclic amines) is 2. The van der Waals surface area contributed by atoms with Crippen molar-refractivity contribution in [2.75, 3.05) is 32.7 Å². The molecule has 2 amide bonds. The van der Waals surface area contributed by atoms with Crippen molar-refractivity contribution in [2.24, 2.45) is 10.8 Å². The summed E-state index contributed by atoms with van der Waals surface area (Å²) in [5.74, 6) is 0.336. The third-order valence-electron chi connectivity index (χ3n) is 6.01. The van der Waals surface area contributed by atoms with E-state index in [4.69, 9.17) is 0 Å². The SMILES string of the molecule is CC(C)(C)CC(=O)N1CCCC1C(=O)N1CCC2(CCNC2)CC1. The van der Waals surface area contributed by atoms with Crippen molar-refractivity contribution < 1.29 is 9.59 Å². The summed E-state index contributed by atoms with van der Waals surface area (Å²) in [6.07, 6.45) is 5.76. The van der Waals surface area contributed by atoms with Crippen LogP contribution in [0.5, 0.6) is 0 Å². The van der Waals surface area contributed by atoms with Crippen LogP contribution in [0.3, 0.4) is 0 Å². The Bertz CT molecular complexity index is 481. The van der Waals surface area contributed by atoms with Crippen LogP contribution in [-0.4, -0.2) is 60.4 Å². The van der Waals surface area contributed by atoms with Gasteiger partial charge in [0.1, 0.15) is 6.04 Å². The molecule has 0 radical (unpaired) electrons. The van der Waals surface area contributed by atoms with Gasteiger partial charge in [-0.2, -0.15) is 0 Å². The number of rotatable bonds is 2. The van der Waals surface area contributed by atoms with Crippen molar-refractivity contribution in [3.8, 4) is 0 Å². The maximum absolute atomic E-state index is 13.0. The normalized spacial score (nSPS) is 27.0. The second-order valence-electron chi connectivity index (χ2n) is 9.23. The highest BCUT2D eigenvalue weighted by molar-refractivity contribution is 5.88. The fraction of sp³-hybridized carbons (Fsp3) is 0.895. The van der Waals surface area contributed by atoms with Crippen LogP contribution in [0.15, 0.2) is 0 Å². The number of carbonyl (C=O) groups is 2. The summed E-state index contributed by atoms with van der Waals surface area (Å²) in [4.78, 5) is 29.5. The van der Waals surface area contributed by atoms with Gasteiger partial charge in [-0.05, 0) is 49.5 Å². The van der Waals surface area contributed by atoms with Crippen LogP contribution in [0.4, 0.5) is 0 Å². The van der Waals surface area contributed by atoms with E-state index in [0.717, 1.165) is 58.4 Å². The van der Waals surface area contributed by atoms with Crippen molar-refractivity contribution >= 4 is 11.8 Å². The minimum absolute atomic E-state index is 0.0275. The molecule has 3 heterocycles. The highest BCUT2D eigenvalue weighted by Crippen LogP contribution is 2.37. The Morgan fingerprint density at radius 2 is 1.83 bits per heavy atom. The van der Waals surface area contributed by atoms with Crippen LogP contribution in [0.2, 0.25) is 0 Å². The van der Waals surface area contributed by atoms with E-state index in [1.54, 1.807) is 0 Å². The van der Waals surface area contributed by atoms with Gasteiger partial charge in [0.25, 0.3) is 0 Å². The standard InChI is InChI=1S/C19H33N3O2/c1-18(2,3)13-16(23)22-10-4-5-15(22)17(24)21-11-7-19(8-12-21)6-9-20-14-19/h15,20H,4-14H2,1-3H3. The van der Waals surface area contributed by atoms with Gasteiger partial charge in [-0.15, -0.1) is 0 Å². The molecule has 1 atom stereocenters. The minimum atomic E-state index is -0.212. The molecule has 136 valence electrons. The van der Waals surface area contributed by atoms with Crippen LogP contribution in [0, 0.1) is 10.8 Å². The monoisotopic (exact) mass is 335 g/mol. The lowest BCUT2D eigenvalue weighted by Gasteiger charge is -2.40. The highest BCUT2D eigenvalue weighted by atomic mass is 16.2. The number of carbonyl (C=O) groups excluding carboxylic acids is 2. The van der Waals surface area contributed by atoms with Gasteiger partial charge in [-0.25, -0.2) is 0 Å². The molecule has 24 heavy (non-hydrogen) atoms. The maximum atomic E-state index is 13.0. The number of hydrogen-bond acceptors (Lipinski definition) is 3. The molecule has 3 saturated heterocycles. The predicted molar refractivity (Wildman–Crippen MR) is 94.5 cm³/mol. The maximum Gasteiger partial charge on any atom is 0.245 e. The molecule has 0 aromatic heterocycles. The van der Waals surface area contributed by atoms with Crippen molar-refractivity contribution in [1.82, 2.24) is 15.1 Å². The van der Waals surface area contributed by atoms with Gasteiger partial charge in [0.05, 0.1) is 0 Å². The van der Waals surface area contributed by atoms with E-state index in [0.29, 0.717) is 11.8 Å². The smallest absolute Gasteiger partial charge is 0.245 e. The van der Waals surface area contributed by atoms with E-state index in [1.165, 1.54) is 6.42 Å². The lowest BCUT2D eigenvalue weighted by molar-refractivity contribution is -0.146. The quantitative estimate of drug-likeness (QED) is 0.840. The molecule has 0 aromatic carbocycles. The minimum Gasteiger partial charge on any atom is -0.341 e. The lowest BCUT2D eigenvalue weighted by Crippen LogP contribution is -2.52. The fourth-order valence-corrected chi connectivity index (χ4v) is 4.51. The van der Waals surface area contributed by atoms with Crippen LogP contribution in [0.25, 0.3) is 0 Å². The van der Waals surface area contributed by atoms with Gasteiger partial charge in [-0.1, -0.05) is 20.8 Å². The molecule has 5 nitrogen and oxygen atoms in total. The zero-order chi connectivity index (χ0) is 17.4. The van der Waals surface area contributed by atoms with Gasteiger partial charge in [0.15, 0.2) is 0 Å². The van der Waals surface area contributed by atoms with Crippen molar-refractivity contribution in [2.45, 2.75) is 65.3 Å². The zero-order valence-electron chi connectivity index (χ0n) is 15.6. The molecule has 0 aliphatic carbocycles. The third kappa shape index (κ3) is 3.76. The summed E-state index contributed by atoms with van der Waals surface area (Å²) < 4.78 is 0. The Morgan fingerprint density at radius 1 is 1.12 bits per heavy atom. The molecule has 5 heteroatoms. The average molecular weight is 335 g/mol. The highest BCUT2D eigenvalue weighted by Gasteiger charge is 2.42. The van der Waals surface area contributed by atoms with Crippen molar-refractivity contribution in [3.05, 3.63) is 0 Å². The zero-order valence-corrected chi connectivity index (χ0v) is 15.6. The molecule has 0 bridgehead atoms. The van der Waals surface area contributed by atoms with Gasteiger partial charge >= 0.3 is 0 Å². The molecular formula is C19H33N3O2. The number of nitrogens with zero attached hydrogens (tertiary/aromatic N) is 2.